The summed E-state index contributed by atoms with van der Waals surface area (Å²) < 4.78 is 29.7. The number of hydrogen-bond acceptors (Lipinski definition) is 6. The smallest absolute Gasteiger partial charge is 0.395 e. The lowest BCUT2D eigenvalue weighted by molar-refractivity contribution is -0.118. The third kappa shape index (κ3) is 44.6. The second kappa shape index (κ2) is 26.3. The first-order valence-corrected chi connectivity index (χ1v) is 11.7. The van der Waals surface area contributed by atoms with Gasteiger partial charge in [-0.15, -0.1) is 0 Å². The maximum atomic E-state index is 10.5. The summed E-state index contributed by atoms with van der Waals surface area (Å²) in [6.07, 6.45) is 17.9. The van der Waals surface area contributed by atoms with E-state index in [9.17, 15) is 13.2 Å². The first kappa shape index (κ1) is 31.9. The number of rotatable bonds is 16. The molecule has 0 spiro atoms. The fourth-order valence-electron chi connectivity index (χ4n) is 2.32. The predicted molar refractivity (Wildman–Crippen MR) is 114 cm³/mol. The van der Waals surface area contributed by atoms with Crippen LogP contribution in [0.2, 0.25) is 0 Å². The van der Waals surface area contributed by atoms with Crippen LogP contribution in [0.5, 0.6) is 0 Å². The van der Waals surface area contributed by atoms with Gasteiger partial charge in [0, 0.05) is 13.0 Å². The summed E-state index contributed by atoms with van der Waals surface area (Å²) in [4.78, 5) is 10.5. The van der Waals surface area contributed by atoms with Crippen LogP contribution < -0.4 is 11.5 Å². The Morgan fingerprint density at radius 1 is 0.857 bits per heavy atom. The Morgan fingerprint density at radius 3 is 1.36 bits per heavy atom. The van der Waals surface area contributed by atoms with Crippen LogP contribution in [-0.2, 0) is 19.4 Å². The Hall–Kier alpha value is -0.740. The first-order chi connectivity index (χ1) is 13.2. The quantitative estimate of drug-likeness (QED) is 0.217. The lowest BCUT2D eigenvalue weighted by Gasteiger charge is -2.02. The molecule has 9 heteroatoms. The van der Waals surface area contributed by atoms with Crippen LogP contribution >= 0.6 is 0 Å². The van der Waals surface area contributed by atoms with E-state index >= 15 is 0 Å². The van der Waals surface area contributed by atoms with E-state index < -0.39 is 10.4 Å². The molecule has 0 unspecified atom stereocenters. The van der Waals surface area contributed by atoms with Crippen LogP contribution in [0.15, 0.2) is 0 Å². The molecular formula is C19H44N2O6S. The summed E-state index contributed by atoms with van der Waals surface area (Å²) in [7, 11) is -3.29. The maximum Gasteiger partial charge on any atom is 0.397 e. The monoisotopic (exact) mass is 428 g/mol. The topological polar surface area (TPSA) is 153 Å². The molecule has 0 saturated carbocycles. The van der Waals surface area contributed by atoms with Gasteiger partial charge in [-0.2, -0.15) is 8.42 Å². The van der Waals surface area contributed by atoms with Crippen molar-refractivity contribution in [1.82, 2.24) is 0 Å². The molecule has 8 nitrogen and oxygen atoms in total. The van der Waals surface area contributed by atoms with Gasteiger partial charge in [-0.3, -0.25) is 13.5 Å². The van der Waals surface area contributed by atoms with Gasteiger partial charge in [-0.05, 0) is 6.42 Å². The van der Waals surface area contributed by atoms with Crippen LogP contribution in [-0.4, -0.2) is 44.2 Å². The van der Waals surface area contributed by atoms with Gasteiger partial charge in [-0.1, -0.05) is 84.0 Å². The highest BCUT2D eigenvalue weighted by Gasteiger charge is 1.96. The molecule has 1 amide bonds. The van der Waals surface area contributed by atoms with Gasteiger partial charge >= 0.3 is 10.4 Å². The molecule has 172 valence electrons. The van der Waals surface area contributed by atoms with E-state index in [0.717, 1.165) is 13.5 Å². The van der Waals surface area contributed by atoms with Crippen molar-refractivity contribution in [3.8, 4) is 0 Å². The zero-order valence-corrected chi connectivity index (χ0v) is 18.7. The standard InChI is InChI=1S/C16H33NO.C2H7NO.CH4O4S/c1-2-3-4-5-6-7-8-9-10-11-12-13-14-15-16(17)18;3-1-2-4;1-5-6(2,3)4/h2-15H2,1H3,(H2,17,18);4H,1-3H2;1H3,(H,2,3,4). The molecule has 0 heterocycles. The third-order valence-corrected chi connectivity index (χ3v) is 4.29. The minimum Gasteiger partial charge on any atom is -0.395 e. The molecule has 0 atom stereocenters. The van der Waals surface area contributed by atoms with Crippen molar-refractivity contribution in [2.24, 2.45) is 11.5 Å². The molecule has 0 aromatic heterocycles. The zero-order valence-electron chi connectivity index (χ0n) is 17.9. The van der Waals surface area contributed by atoms with E-state index in [-0.39, 0.29) is 12.5 Å². The molecule has 6 N–H and O–H groups in total. The highest BCUT2D eigenvalue weighted by Crippen LogP contribution is 2.12. The van der Waals surface area contributed by atoms with Crippen molar-refractivity contribution in [2.75, 3.05) is 20.3 Å². The molecule has 0 rings (SSSR count). The Bertz CT molecular complexity index is 403. The van der Waals surface area contributed by atoms with Crippen molar-refractivity contribution in [1.29, 1.82) is 0 Å². The van der Waals surface area contributed by atoms with Gasteiger partial charge in [0.25, 0.3) is 0 Å². The molecule has 0 radical (unpaired) electrons. The number of hydrogen-bond donors (Lipinski definition) is 4. The molecule has 0 aliphatic carbocycles. The fraction of sp³-hybridized carbons (Fsp3) is 0.947. The molecule has 0 aromatic carbocycles. The van der Waals surface area contributed by atoms with Crippen LogP contribution in [0.25, 0.3) is 0 Å². The van der Waals surface area contributed by atoms with E-state index in [1.165, 1.54) is 77.0 Å². The Kier molecular flexibility index (Phi) is 30.0. The lowest BCUT2D eigenvalue weighted by atomic mass is 10.0. The predicted octanol–water partition coefficient (Wildman–Crippen LogP) is 3.33. The normalized spacial score (nSPS) is 10.5. The highest BCUT2D eigenvalue weighted by atomic mass is 32.3. The molecule has 0 aliphatic rings. The minimum absolute atomic E-state index is 0.0972. The summed E-state index contributed by atoms with van der Waals surface area (Å²) in [6, 6.07) is 0. The van der Waals surface area contributed by atoms with Crippen molar-refractivity contribution >= 4 is 16.3 Å². The summed E-state index contributed by atoms with van der Waals surface area (Å²) in [6.45, 7) is 2.74. The van der Waals surface area contributed by atoms with E-state index in [1.807, 2.05) is 0 Å². The van der Waals surface area contributed by atoms with Crippen molar-refractivity contribution in [3.05, 3.63) is 0 Å². The van der Waals surface area contributed by atoms with Gasteiger partial charge in [0.05, 0.1) is 13.7 Å². The summed E-state index contributed by atoms with van der Waals surface area (Å²) in [5.41, 5.74) is 9.87. The van der Waals surface area contributed by atoms with Crippen molar-refractivity contribution < 1.29 is 27.1 Å². The van der Waals surface area contributed by atoms with E-state index in [4.69, 9.17) is 21.1 Å². The van der Waals surface area contributed by atoms with E-state index in [2.05, 4.69) is 11.1 Å². The van der Waals surface area contributed by atoms with Crippen molar-refractivity contribution in [2.45, 2.75) is 96.8 Å². The van der Waals surface area contributed by atoms with E-state index in [1.54, 1.807) is 0 Å². The second-order valence-electron chi connectivity index (χ2n) is 6.57. The molecular weight excluding hydrogens is 384 g/mol. The third-order valence-electron chi connectivity index (χ3n) is 3.87. The van der Waals surface area contributed by atoms with Gasteiger partial charge < -0.3 is 16.6 Å². The average Bonchev–Trinajstić information content (AvgIpc) is 2.65. The number of aliphatic hydroxyl groups is 1. The number of amides is 1. The van der Waals surface area contributed by atoms with E-state index in [0.29, 0.717) is 13.0 Å². The van der Waals surface area contributed by atoms with Gasteiger partial charge in [0.2, 0.25) is 5.91 Å². The molecule has 0 aliphatic heterocycles. The number of unbranched alkanes of at least 4 members (excludes halogenated alkanes) is 12. The largest absolute Gasteiger partial charge is 0.397 e. The molecule has 0 fully saturated rings. The summed E-state index contributed by atoms with van der Waals surface area (Å²) in [5.74, 6) is -0.155. The maximum absolute atomic E-state index is 10.5. The molecule has 0 bridgehead atoms. The molecule has 0 saturated heterocycles. The fourth-order valence-corrected chi connectivity index (χ4v) is 2.32. The Morgan fingerprint density at radius 2 is 1.14 bits per heavy atom. The first-order valence-electron chi connectivity index (χ1n) is 10.4. The average molecular weight is 429 g/mol. The summed E-state index contributed by atoms with van der Waals surface area (Å²) >= 11 is 0. The minimum atomic E-state index is -4.16. The number of carbonyl (C=O) groups is 1. The Labute approximate surface area is 172 Å². The Balaban J connectivity index is -0.000000513. The number of carbonyl (C=O) groups excluding carboxylic acids is 1. The number of aliphatic hydroxyl groups excluding tert-OH is 1. The zero-order chi connectivity index (χ0) is 22.1. The SMILES string of the molecule is CCCCCCCCCCCCCCCC(N)=O.COS(=O)(=O)O.NCCO. The van der Waals surface area contributed by atoms with Gasteiger partial charge in [0.1, 0.15) is 0 Å². The number of nitrogens with two attached hydrogens (primary N) is 2. The highest BCUT2D eigenvalue weighted by molar-refractivity contribution is 7.80. The van der Waals surface area contributed by atoms with Crippen LogP contribution in [0.3, 0.4) is 0 Å². The summed E-state index contributed by atoms with van der Waals surface area (Å²) in [5, 5.41) is 7.75. The van der Waals surface area contributed by atoms with Crippen LogP contribution in [0, 0.1) is 0 Å². The molecule has 28 heavy (non-hydrogen) atoms. The number of primary amides is 1. The lowest BCUT2D eigenvalue weighted by Crippen LogP contribution is -2.09. The van der Waals surface area contributed by atoms with Crippen molar-refractivity contribution in [3.63, 3.8) is 0 Å². The second-order valence-corrected chi connectivity index (χ2v) is 7.75. The molecule has 0 aromatic rings. The van der Waals surface area contributed by atoms with Gasteiger partial charge in [0.15, 0.2) is 0 Å². The van der Waals surface area contributed by atoms with Crippen LogP contribution in [0.4, 0.5) is 0 Å². The van der Waals surface area contributed by atoms with Crippen LogP contribution in [0.1, 0.15) is 96.8 Å². The van der Waals surface area contributed by atoms with Gasteiger partial charge in [-0.25, -0.2) is 0 Å².